The molecular weight excluding hydrogens is 149 g/mol. The average molecular weight is 158 g/mol. The molecule has 0 fully saturated rings. The van der Waals surface area contributed by atoms with Crippen LogP contribution in [0.15, 0.2) is 0 Å². The molecule has 0 radical (unpaired) electrons. The Bertz CT molecular complexity index is 67.1. The summed E-state index contributed by atoms with van der Waals surface area (Å²) in [6.07, 6.45) is 1.10. The first-order valence-corrected chi connectivity index (χ1v) is 2.53. The molecule has 0 aromatic heterocycles. The van der Waals surface area contributed by atoms with E-state index >= 15 is 0 Å². The van der Waals surface area contributed by atoms with Crippen LogP contribution in [0.25, 0.3) is 0 Å². The molecule has 0 aromatic rings. The minimum Gasteiger partial charge on any atom is -0.330 e. The van der Waals surface area contributed by atoms with Crippen molar-refractivity contribution in [3.63, 3.8) is 0 Å². The Morgan fingerprint density at radius 1 is 1.62 bits per heavy atom. The highest BCUT2D eigenvalue weighted by atomic mass is 35.5. The second-order valence-corrected chi connectivity index (χ2v) is 1.67. The largest absolute Gasteiger partial charge is 0.330 e. The molecule has 8 heavy (non-hydrogen) atoms. The van der Waals surface area contributed by atoms with Crippen LogP contribution >= 0.6 is 24.0 Å². The normalized spacial score (nSPS) is 7.75. The smallest absolute Gasteiger partial charge is 0.221 e. The Hall–Kier alpha value is 0.210. The predicted molar refractivity (Wildman–Crippen MR) is 36.4 cm³/mol. The lowest BCUT2D eigenvalue weighted by Crippen LogP contribution is -1.99. The molecule has 0 rings (SSSR count). The van der Waals surface area contributed by atoms with Gasteiger partial charge >= 0.3 is 0 Å². The van der Waals surface area contributed by atoms with Gasteiger partial charge in [-0.3, -0.25) is 4.79 Å². The molecule has 2 N–H and O–H groups in total. The lowest BCUT2D eigenvalue weighted by atomic mass is 10.3. The maximum absolute atomic E-state index is 9.91. The van der Waals surface area contributed by atoms with Crippen molar-refractivity contribution in [3.05, 3.63) is 0 Å². The third-order valence-corrected chi connectivity index (χ3v) is 0.766. The number of hydrogen-bond acceptors (Lipinski definition) is 2. The van der Waals surface area contributed by atoms with Gasteiger partial charge in [0, 0.05) is 6.42 Å². The summed E-state index contributed by atoms with van der Waals surface area (Å²) in [5.74, 6) is 0. The summed E-state index contributed by atoms with van der Waals surface area (Å²) < 4.78 is 0. The van der Waals surface area contributed by atoms with Crippen LogP contribution in [-0.2, 0) is 4.79 Å². The van der Waals surface area contributed by atoms with Gasteiger partial charge in [-0.1, -0.05) is 0 Å². The Kier molecular flexibility index (Phi) is 9.97. The van der Waals surface area contributed by atoms with Crippen LogP contribution in [0, 0.1) is 0 Å². The lowest BCUT2D eigenvalue weighted by molar-refractivity contribution is -0.111. The highest BCUT2D eigenvalue weighted by Gasteiger charge is 1.90. The fourth-order valence-electron chi connectivity index (χ4n) is 0.241. The second kappa shape index (κ2) is 7.21. The molecule has 0 atom stereocenters. The molecule has 0 spiro atoms. The quantitative estimate of drug-likeness (QED) is 0.620. The van der Waals surface area contributed by atoms with E-state index in [4.69, 9.17) is 17.3 Å². The average Bonchev–Trinajstić information content (AvgIpc) is 1.61. The molecule has 50 valence electrons. The molecule has 0 saturated carbocycles. The molecule has 0 heterocycles. The molecule has 4 heteroatoms. The van der Waals surface area contributed by atoms with Crippen LogP contribution in [0.4, 0.5) is 0 Å². The molecule has 0 aliphatic rings. The minimum atomic E-state index is -0.301. The zero-order valence-corrected chi connectivity index (χ0v) is 5.97. The van der Waals surface area contributed by atoms with Crippen LogP contribution in [0.1, 0.15) is 12.8 Å². The van der Waals surface area contributed by atoms with Crippen LogP contribution in [0.3, 0.4) is 0 Å². The highest BCUT2D eigenvalue weighted by molar-refractivity contribution is 6.63. The van der Waals surface area contributed by atoms with E-state index in [9.17, 15) is 4.79 Å². The van der Waals surface area contributed by atoms with Crippen molar-refractivity contribution in [1.29, 1.82) is 0 Å². The number of rotatable bonds is 3. The predicted octanol–water partition coefficient (Wildman–Crippen LogP) is 0.913. The summed E-state index contributed by atoms with van der Waals surface area (Å²) in [7, 11) is 0. The molecule has 0 saturated heterocycles. The summed E-state index contributed by atoms with van der Waals surface area (Å²) >= 11 is 4.96. The zero-order valence-electron chi connectivity index (χ0n) is 4.39. The molecule has 0 bridgehead atoms. The summed E-state index contributed by atoms with van der Waals surface area (Å²) in [6.45, 7) is 0.540. The van der Waals surface area contributed by atoms with E-state index in [1.54, 1.807) is 0 Å². The Balaban J connectivity index is 0. The van der Waals surface area contributed by atoms with E-state index in [0.717, 1.165) is 0 Å². The van der Waals surface area contributed by atoms with E-state index in [-0.39, 0.29) is 17.6 Å². The SMILES string of the molecule is Cl.NCCCC(=O)Cl. The van der Waals surface area contributed by atoms with E-state index in [0.29, 0.717) is 19.4 Å². The maximum Gasteiger partial charge on any atom is 0.221 e. The van der Waals surface area contributed by atoms with Crippen LogP contribution in [0.2, 0.25) is 0 Å². The second-order valence-electron chi connectivity index (χ2n) is 1.25. The standard InChI is InChI=1S/C4H8ClNO.ClH/c5-4(7)2-1-3-6;/h1-3,6H2;1H. The Morgan fingerprint density at radius 2 is 2.12 bits per heavy atom. The fourth-order valence-corrected chi connectivity index (χ4v) is 0.375. The summed E-state index contributed by atoms with van der Waals surface area (Å²) in [6, 6.07) is 0. The number of carbonyl (C=O) groups is 1. The van der Waals surface area contributed by atoms with E-state index in [2.05, 4.69) is 0 Å². The van der Waals surface area contributed by atoms with Gasteiger partial charge in [0.25, 0.3) is 0 Å². The van der Waals surface area contributed by atoms with Gasteiger partial charge in [-0.2, -0.15) is 0 Å². The molecule has 0 aromatic carbocycles. The number of halogens is 2. The van der Waals surface area contributed by atoms with Crippen molar-refractivity contribution in [2.24, 2.45) is 5.73 Å². The Morgan fingerprint density at radius 3 is 2.25 bits per heavy atom. The molecule has 2 nitrogen and oxygen atoms in total. The van der Waals surface area contributed by atoms with Crippen molar-refractivity contribution >= 4 is 29.3 Å². The summed E-state index contributed by atoms with van der Waals surface area (Å²) in [5, 5.41) is -0.301. The van der Waals surface area contributed by atoms with Gasteiger partial charge in [0.2, 0.25) is 5.24 Å². The molecule has 0 aliphatic heterocycles. The van der Waals surface area contributed by atoms with Crippen LogP contribution in [-0.4, -0.2) is 11.8 Å². The first-order chi connectivity index (χ1) is 3.27. The first-order valence-electron chi connectivity index (χ1n) is 2.15. The lowest BCUT2D eigenvalue weighted by Gasteiger charge is -1.85. The zero-order chi connectivity index (χ0) is 5.70. The third-order valence-electron chi connectivity index (χ3n) is 0.577. The van der Waals surface area contributed by atoms with Crippen LogP contribution in [0.5, 0.6) is 0 Å². The van der Waals surface area contributed by atoms with Crippen LogP contribution < -0.4 is 5.73 Å². The summed E-state index contributed by atoms with van der Waals surface area (Å²) in [4.78, 5) is 9.91. The van der Waals surface area contributed by atoms with Gasteiger partial charge in [0.15, 0.2) is 0 Å². The third kappa shape index (κ3) is 9.51. The number of nitrogens with two attached hydrogens (primary N) is 1. The topological polar surface area (TPSA) is 43.1 Å². The molecule has 0 amide bonds. The first kappa shape index (κ1) is 11.1. The van der Waals surface area contributed by atoms with Crippen molar-refractivity contribution in [2.75, 3.05) is 6.54 Å². The molecule has 0 aliphatic carbocycles. The van der Waals surface area contributed by atoms with Gasteiger partial charge in [0.1, 0.15) is 0 Å². The van der Waals surface area contributed by atoms with Gasteiger partial charge < -0.3 is 5.73 Å². The fraction of sp³-hybridized carbons (Fsp3) is 0.750. The van der Waals surface area contributed by atoms with Crippen molar-refractivity contribution in [1.82, 2.24) is 0 Å². The van der Waals surface area contributed by atoms with Crippen molar-refractivity contribution in [2.45, 2.75) is 12.8 Å². The van der Waals surface area contributed by atoms with E-state index < -0.39 is 0 Å². The number of hydrogen-bond donors (Lipinski definition) is 1. The summed E-state index contributed by atoms with van der Waals surface area (Å²) in [5.41, 5.74) is 5.07. The number of carbonyl (C=O) groups excluding carboxylic acids is 1. The van der Waals surface area contributed by atoms with E-state index in [1.165, 1.54) is 0 Å². The van der Waals surface area contributed by atoms with Crippen molar-refractivity contribution < 1.29 is 4.79 Å². The monoisotopic (exact) mass is 157 g/mol. The minimum absolute atomic E-state index is 0. The van der Waals surface area contributed by atoms with E-state index in [1.807, 2.05) is 0 Å². The molecular formula is C4H9Cl2NO. The molecule has 0 unspecified atom stereocenters. The van der Waals surface area contributed by atoms with Gasteiger partial charge in [-0.15, -0.1) is 12.4 Å². The van der Waals surface area contributed by atoms with Crippen molar-refractivity contribution in [3.8, 4) is 0 Å². The van der Waals surface area contributed by atoms with Gasteiger partial charge in [-0.25, -0.2) is 0 Å². The highest BCUT2D eigenvalue weighted by Crippen LogP contribution is 1.90. The van der Waals surface area contributed by atoms with Gasteiger partial charge in [-0.05, 0) is 24.6 Å². The Labute approximate surface area is 59.8 Å². The van der Waals surface area contributed by atoms with Gasteiger partial charge in [0.05, 0.1) is 0 Å². The maximum atomic E-state index is 9.91.